The van der Waals surface area contributed by atoms with Crippen LogP contribution < -0.4 is 14.9 Å². The summed E-state index contributed by atoms with van der Waals surface area (Å²) < 4.78 is 61.3. The van der Waals surface area contributed by atoms with Crippen LogP contribution in [0.5, 0.6) is 11.5 Å². The third-order valence-electron chi connectivity index (χ3n) is 5.76. The molecule has 0 aliphatic carbocycles. The van der Waals surface area contributed by atoms with Crippen molar-refractivity contribution < 1.29 is 36.7 Å². The summed E-state index contributed by atoms with van der Waals surface area (Å²) in [5, 5.41) is 5.50. The highest BCUT2D eigenvalue weighted by molar-refractivity contribution is 6.03. The van der Waals surface area contributed by atoms with Gasteiger partial charge in [0.15, 0.2) is 23.0 Å². The average Bonchev–Trinajstić information content (AvgIpc) is 3.34. The first-order valence-corrected chi connectivity index (χ1v) is 12.4. The summed E-state index contributed by atoms with van der Waals surface area (Å²) in [7, 11) is 0. The molecule has 4 aromatic rings. The number of alkyl halides is 3. The average molecular weight is 571 g/mol. The topological polar surface area (TPSA) is 85.7 Å². The minimum absolute atomic E-state index is 0.0670. The Morgan fingerprint density at radius 1 is 0.927 bits per heavy atom. The molecule has 0 bridgehead atoms. The summed E-state index contributed by atoms with van der Waals surface area (Å²) in [6.45, 7) is 5.20. The minimum Gasteiger partial charge on any atom is -0.454 e. The van der Waals surface area contributed by atoms with Gasteiger partial charge in [-0.05, 0) is 50.6 Å². The second-order valence-electron chi connectivity index (χ2n) is 9.87. The quantitative estimate of drug-likeness (QED) is 0.244. The zero-order valence-electron chi connectivity index (χ0n) is 22.3. The van der Waals surface area contributed by atoms with E-state index < -0.39 is 40.9 Å². The molecular weight excluding hydrogens is 544 g/mol. The van der Waals surface area contributed by atoms with Gasteiger partial charge >= 0.3 is 12.3 Å². The fraction of sp³-hybridized carbons (Fsp3) is 0.207. The molecule has 0 radical (unpaired) electrons. The number of ether oxygens (including phenoxy) is 1. The maximum atomic E-state index is 15.1. The number of rotatable bonds is 7. The molecule has 0 unspecified atom stereocenters. The number of hydrogen-bond acceptors (Lipinski definition) is 5. The van der Waals surface area contributed by atoms with Gasteiger partial charge in [0.05, 0.1) is 5.69 Å². The summed E-state index contributed by atoms with van der Waals surface area (Å²) in [6.07, 6.45) is -6.02. The predicted molar refractivity (Wildman–Crippen MR) is 142 cm³/mol. The van der Waals surface area contributed by atoms with Crippen molar-refractivity contribution in [3.63, 3.8) is 0 Å². The van der Waals surface area contributed by atoms with Crippen LogP contribution in [0.15, 0.2) is 84.9 Å². The van der Waals surface area contributed by atoms with Crippen molar-refractivity contribution in [3.05, 3.63) is 108 Å². The molecule has 0 atom stereocenters. The lowest BCUT2D eigenvalue weighted by Crippen LogP contribution is -2.48. The van der Waals surface area contributed by atoms with Crippen LogP contribution in [0.4, 0.5) is 28.0 Å². The van der Waals surface area contributed by atoms with Gasteiger partial charge in [-0.15, -0.1) is 5.10 Å². The lowest BCUT2D eigenvalue weighted by Gasteiger charge is -2.34. The molecule has 41 heavy (non-hydrogen) atoms. The summed E-state index contributed by atoms with van der Waals surface area (Å²) >= 11 is 0. The first kappa shape index (κ1) is 29.1. The predicted octanol–water partition coefficient (Wildman–Crippen LogP) is 6.93. The van der Waals surface area contributed by atoms with E-state index in [2.05, 4.69) is 10.4 Å². The van der Waals surface area contributed by atoms with Gasteiger partial charge in [0, 0.05) is 18.2 Å². The Bertz CT molecular complexity index is 1520. The lowest BCUT2D eigenvalue weighted by molar-refractivity contribution is -0.142. The number of carbonyl (C=O) groups excluding carboxylic acids is 2. The number of benzene rings is 3. The highest BCUT2D eigenvalue weighted by Crippen LogP contribution is 2.31. The fourth-order valence-corrected chi connectivity index (χ4v) is 3.68. The van der Waals surface area contributed by atoms with Gasteiger partial charge in [0.1, 0.15) is 5.75 Å². The van der Waals surface area contributed by atoms with Crippen LogP contribution in [-0.4, -0.2) is 32.4 Å². The van der Waals surface area contributed by atoms with E-state index in [0.29, 0.717) is 11.8 Å². The first-order chi connectivity index (χ1) is 19.3. The van der Waals surface area contributed by atoms with Gasteiger partial charge < -0.3 is 10.1 Å². The van der Waals surface area contributed by atoms with Crippen molar-refractivity contribution in [1.82, 2.24) is 14.8 Å². The lowest BCUT2D eigenvalue weighted by atomic mass is 10.1. The second kappa shape index (κ2) is 11.7. The molecule has 0 aliphatic heterocycles. The molecular formula is C29H26F4N4O4. The highest BCUT2D eigenvalue weighted by Gasteiger charge is 2.38. The van der Waals surface area contributed by atoms with Crippen molar-refractivity contribution in [1.29, 1.82) is 0 Å². The molecule has 1 aromatic heterocycles. The Hall–Kier alpha value is -4.87. The molecule has 0 fully saturated rings. The third-order valence-corrected chi connectivity index (χ3v) is 5.76. The molecule has 8 nitrogen and oxygen atoms in total. The molecule has 0 saturated carbocycles. The van der Waals surface area contributed by atoms with Crippen LogP contribution >= 0.6 is 0 Å². The van der Waals surface area contributed by atoms with E-state index in [9.17, 15) is 22.8 Å². The van der Waals surface area contributed by atoms with Crippen LogP contribution in [0.25, 0.3) is 0 Å². The second-order valence-corrected chi connectivity index (χ2v) is 9.87. The number of amides is 2. The number of anilines is 1. The molecule has 4 rings (SSSR count). The molecule has 0 saturated heterocycles. The standard InChI is InChI=1S/C29H26F4N4O4/c1-28(2,3)36(18-19-11-6-4-7-12-19)27(39)41-37-22(17-24(35-37)29(31,32)33)26(38)34-21-15-10-16-23(25(21)30)40-20-13-8-5-9-14-20/h4-17H,18H2,1-3H3,(H,34,38). The molecule has 2 amide bonds. The van der Waals surface area contributed by atoms with Gasteiger partial charge in [-0.25, -0.2) is 9.18 Å². The molecule has 1 N–H and O–H groups in total. The van der Waals surface area contributed by atoms with Crippen LogP contribution in [0, 0.1) is 5.82 Å². The summed E-state index contributed by atoms with van der Waals surface area (Å²) in [5.41, 5.74) is -2.73. The van der Waals surface area contributed by atoms with Gasteiger partial charge in [-0.1, -0.05) is 59.4 Å². The Labute approximate surface area is 233 Å². The van der Waals surface area contributed by atoms with E-state index in [-0.39, 0.29) is 22.8 Å². The first-order valence-electron chi connectivity index (χ1n) is 12.4. The number of hydrogen-bond donors (Lipinski definition) is 1. The highest BCUT2D eigenvalue weighted by atomic mass is 19.4. The van der Waals surface area contributed by atoms with Gasteiger partial charge in [-0.2, -0.15) is 13.2 Å². The number of para-hydroxylation sites is 1. The zero-order chi connectivity index (χ0) is 29.8. The van der Waals surface area contributed by atoms with E-state index >= 15 is 4.39 Å². The van der Waals surface area contributed by atoms with E-state index in [1.165, 1.54) is 23.1 Å². The Balaban J connectivity index is 1.61. The van der Waals surface area contributed by atoms with E-state index in [1.807, 2.05) is 0 Å². The van der Waals surface area contributed by atoms with Crippen molar-refractivity contribution in [3.8, 4) is 11.5 Å². The Morgan fingerprint density at radius 2 is 1.56 bits per heavy atom. The number of nitrogens with one attached hydrogen (secondary N) is 1. The molecule has 3 aromatic carbocycles. The Morgan fingerprint density at radius 3 is 2.17 bits per heavy atom. The van der Waals surface area contributed by atoms with Gasteiger partial charge in [0.2, 0.25) is 0 Å². The Kier molecular flexibility index (Phi) is 8.31. The SMILES string of the molecule is CC(C)(C)N(Cc1ccccc1)C(=O)On1nc(C(F)(F)F)cc1C(=O)Nc1cccc(Oc2ccccc2)c1F. The fourth-order valence-electron chi connectivity index (χ4n) is 3.68. The van der Waals surface area contributed by atoms with E-state index in [0.717, 1.165) is 5.56 Å². The van der Waals surface area contributed by atoms with Crippen molar-refractivity contribution >= 4 is 17.7 Å². The monoisotopic (exact) mass is 570 g/mol. The van der Waals surface area contributed by atoms with Crippen molar-refractivity contribution in [2.24, 2.45) is 0 Å². The molecule has 12 heteroatoms. The zero-order valence-corrected chi connectivity index (χ0v) is 22.3. The van der Waals surface area contributed by atoms with E-state index in [1.54, 1.807) is 81.4 Å². The van der Waals surface area contributed by atoms with Crippen LogP contribution in [0.2, 0.25) is 0 Å². The number of carbonyl (C=O) groups is 2. The minimum atomic E-state index is -4.96. The van der Waals surface area contributed by atoms with Gasteiger partial charge in [-0.3, -0.25) is 14.5 Å². The smallest absolute Gasteiger partial charge is 0.436 e. The third kappa shape index (κ3) is 7.21. The maximum absolute atomic E-state index is 15.1. The number of halogens is 4. The molecule has 1 heterocycles. The maximum Gasteiger partial charge on any atom is 0.436 e. The summed E-state index contributed by atoms with van der Waals surface area (Å²) in [6, 6.07) is 21.5. The molecule has 0 spiro atoms. The van der Waals surface area contributed by atoms with Crippen LogP contribution in [0.1, 0.15) is 42.5 Å². The molecule has 0 aliphatic rings. The van der Waals surface area contributed by atoms with Crippen LogP contribution in [-0.2, 0) is 12.7 Å². The summed E-state index contributed by atoms with van der Waals surface area (Å²) in [5.74, 6) is -2.08. The number of aromatic nitrogens is 2. The van der Waals surface area contributed by atoms with Crippen molar-refractivity contribution in [2.75, 3.05) is 5.32 Å². The van der Waals surface area contributed by atoms with Crippen molar-refractivity contribution in [2.45, 2.75) is 39.0 Å². The summed E-state index contributed by atoms with van der Waals surface area (Å²) in [4.78, 5) is 32.9. The normalized spacial score (nSPS) is 11.6. The van der Waals surface area contributed by atoms with Gasteiger partial charge in [0.25, 0.3) is 5.91 Å². The largest absolute Gasteiger partial charge is 0.454 e. The number of nitrogens with zero attached hydrogens (tertiary/aromatic N) is 3. The van der Waals surface area contributed by atoms with Crippen LogP contribution in [0.3, 0.4) is 0 Å². The molecule has 214 valence electrons. The van der Waals surface area contributed by atoms with E-state index in [4.69, 9.17) is 9.57 Å².